The van der Waals surface area contributed by atoms with Crippen molar-refractivity contribution in [2.75, 3.05) is 11.6 Å². The lowest BCUT2D eigenvalue weighted by Crippen LogP contribution is -2.53. The Bertz CT molecular complexity index is 980. The zero-order valence-electron chi connectivity index (χ0n) is 14.3. The second-order valence-electron chi connectivity index (χ2n) is 6.55. The van der Waals surface area contributed by atoms with Gasteiger partial charge in [0.15, 0.2) is 0 Å². The minimum absolute atomic E-state index is 0.0316. The summed E-state index contributed by atoms with van der Waals surface area (Å²) >= 11 is 0. The number of carbonyl (C=O) groups excluding carboxylic acids is 2. The maximum atomic E-state index is 12.5. The van der Waals surface area contributed by atoms with E-state index in [2.05, 4.69) is 14.7 Å². The van der Waals surface area contributed by atoms with Crippen molar-refractivity contribution in [1.82, 2.24) is 10.3 Å². The first kappa shape index (κ1) is 17.5. The Morgan fingerprint density at radius 2 is 1.93 bits per heavy atom. The van der Waals surface area contributed by atoms with Crippen molar-refractivity contribution in [2.24, 2.45) is 15.1 Å². The number of aliphatic imine (C=N–C) groups is 1. The number of hydrazine groups is 1. The van der Waals surface area contributed by atoms with Crippen molar-refractivity contribution in [3.8, 4) is 0 Å². The number of amides is 2. The number of para-hydroxylation sites is 1. The van der Waals surface area contributed by atoms with Gasteiger partial charge in [0.05, 0.1) is 5.69 Å². The fourth-order valence-corrected chi connectivity index (χ4v) is 4.61. The molecule has 1 aromatic carbocycles. The number of primary amides is 1. The van der Waals surface area contributed by atoms with Crippen LogP contribution in [0, 0.1) is 0 Å². The Kier molecular flexibility index (Phi) is 4.10. The molecule has 0 saturated heterocycles. The minimum Gasteiger partial charge on any atom is -0.363 e. The number of nitrogens with one attached hydrogen (secondary N) is 1. The first-order valence-electron chi connectivity index (χ1n) is 8.56. The molecule has 1 aliphatic carbocycles. The van der Waals surface area contributed by atoms with E-state index in [0.29, 0.717) is 0 Å². The van der Waals surface area contributed by atoms with Gasteiger partial charge >= 0.3 is 0 Å². The molecule has 1 aromatic rings. The molecule has 10 nitrogen and oxygen atoms in total. The van der Waals surface area contributed by atoms with Crippen LogP contribution in [0.15, 0.2) is 38.6 Å². The number of fused-ring (bicyclic) bond motifs is 3. The van der Waals surface area contributed by atoms with Crippen LogP contribution in [-0.4, -0.2) is 49.6 Å². The zero-order valence-corrected chi connectivity index (χ0v) is 15.1. The van der Waals surface area contributed by atoms with Gasteiger partial charge in [0.1, 0.15) is 11.4 Å². The van der Waals surface area contributed by atoms with Crippen molar-refractivity contribution in [3.05, 3.63) is 24.3 Å². The number of guanidine groups is 1. The third kappa shape index (κ3) is 3.03. The monoisotopic (exact) mass is 390 g/mol. The van der Waals surface area contributed by atoms with Crippen LogP contribution < -0.4 is 16.1 Å². The summed E-state index contributed by atoms with van der Waals surface area (Å²) in [5.74, 6) is -1.63. The molecule has 0 aromatic heterocycles. The summed E-state index contributed by atoms with van der Waals surface area (Å²) in [5, 5.41) is 5.53. The molecule has 3 aliphatic rings. The van der Waals surface area contributed by atoms with Gasteiger partial charge in [-0.25, -0.2) is 10.0 Å². The number of amidine groups is 1. The highest BCUT2D eigenvalue weighted by Crippen LogP contribution is 2.35. The molecule has 0 unspecified atom stereocenters. The molecule has 0 bridgehead atoms. The van der Waals surface area contributed by atoms with E-state index in [4.69, 9.17) is 5.73 Å². The van der Waals surface area contributed by atoms with Crippen LogP contribution in [0.2, 0.25) is 0 Å². The average Bonchev–Trinajstić information content (AvgIpc) is 3.22. The molecule has 142 valence electrons. The molecule has 1 saturated carbocycles. The molecule has 2 aliphatic heterocycles. The molecule has 4 rings (SSSR count). The first-order chi connectivity index (χ1) is 12.9. The van der Waals surface area contributed by atoms with Gasteiger partial charge in [0.2, 0.25) is 11.7 Å². The highest BCUT2D eigenvalue weighted by molar-refractivity contribution is 7.90. The number of rotatable bonds is 4. The van der Waals surface area contributed by atoms with Crippen LogP contribution in [0.5, 0.6) is 0 Å². The lowest BCUT2D eigenvalue weighted by atomic mass is 10.2. The lowest BCUT2D eigenvalue weighted by molar-refractivity contribution is -0.122. The molecular weight excluding hydrogens is 372 g/mol. The van der Waals surface area contributed by atoms with E-state index in [9.17, 15) is 18.0 Å². The number of anilines is 1. The van der Waals surface area contributed by atoms with Gasteiger partial charge in [-0.2, -0.15) is 13.4 Å². The van der Waals surface area contributed by atoms with Gasteiger partial charge in [0, 0.05) is 6.04 Å². The number of sulfonamides is 1. The normalized spacial score (nSPS) is 20.6. The molecule has 0 atom stereocenters. The number of benzene rings is 1. The fourth-order valence-electron chi connectivity index (χ4n) is 3.51. The number of hydrogen-bond donors (Lipinski definition) is 2. The van der Waals surface area contributed by atoms with Crippen molar-refractivity contribution >= 4 is 39.3 Å². The summed E-state index contributed by atoms with van der Waals surface area (Å²) in [7, 11) is -3.96. The third-order valence-electron chi connectivity index (χ3n) is 4.69. The van der Waals surface area contributed by atoms with Crippen molar-refractivity contribution in [1.29, 1.82) is 0 Å². The van der Waals surface area contributed by atoms with Crippen LogP contribution in [-0.2, 0) is 19.6 Å². The Balaban J connectivity index is 1.69. The lowest BCUT2D eigenvalue weighted by Gasteiger charge is -2.33. The molecule has 0 radical (unpaired) electrons. The van der Waals surface area contributed by atoms with E-state index in [1.807, 2.05) is 0 Å². The van der Waals surface area contributed by atoms with Crippen LogP contribution in [0.4, 0.5) is 5.69 Å². The predicted octanol–water partition coefficient (Wildman–Crippen LogP) is -0.276. The maximum Gasteiger partial charge on any atom is 0.287 e. The van der Waals surface area contributed by atoms with E-state index >= 15 is 0 Å². The van der Waals surface area contributed by atoms with Gasteiger partial charge in [-0.1, -0.05) is 25.0 Å². The summed E-state index contributed by atoms with van der Waals surface area (Å²) in [6.45, 7) is -0.230. The summed E-state index contributed by atoms with van der Waals surface area (Å²) in [4.78, 5) is 28.3. The van der Waals surface area contributed by atoms with Crippen LogP contribution in [0.25, 0.3) is 0 Å². The highest BCUT2D eigenvalue weighted by atomic mass is 32.2. The molecule has 2 amide bonds. The Morgan fingerprint density at radius 1 is 1.22 bits per heavy atom. The largest absolute Gasteiger partial charge is 0.363 e. The maximum absolute atomic E-state index is 12.5. The van der Waals surface area contributed by atoms with Crippen LogP contribution in [0.3, 0.4) is 0 Å². The van der Waals surface area contributed by atoms with E-state index < -0.39 is 15.9 Å². The fraction of sp³-hybridized carbons (Fsp3) is 0.375. The Labute approximate surface area is 155 Å². The van der Waals surface area contributed by atoms with Crippen molar-refractivity contribution in [3.63, 3.8) is 0 Å². The van der Waals surface area contributed by atoms with E-state index in [0.717, 1.165) is 25.7 Å². The quantitative estimate of drug-likeness (QED) is 0.725. The molecule has 27 heavy (non-hydrogen) atoms. The second kappa shape index (κ2) is 6.34. The Morgan fingerprint density at radius 3 is 2.63 bits per heavy atom. The van der Waals surface area contributed by atoms with Crippen LogP contribution in [0.1, 0.15) is 25.7 Å². The topological polar surface area (TPSA) is 138 Å². The van der Waals surface area contributed by atoms with Gasteiger partial charge < -0.3 is 11.1 Å². The van der Waals surface area contributed by atoms with E-state index in [-0.39, 0.29) is 40.9 Å². The summed E-state index contributed by atoms with van der Waals surface area (Å²) in [5.41, 5.74) is 5.66. The van der Waals surface area contributed by atoms with Gasteiger partial charge in [-0.3, -0.25) is 9.59 Å². The SMILES string of the molecule is NC(=O)C1=NC2=NS(=O)(=O)c3ccccc3N2N1CC(=O)NC1CCCC1. The second-order valence-corrected chi connectivity index (χ2v) is 8.12. The summed E-state index contributed by atoms with van der Waals surface area (Å²) in [6, 6.07) is 6.29. The zero-order chi connectivity index (χ0) is 19.2. The molecule has 3 N–H and O–H groups in total. The summed E-state index contributed by atoms with van der Waals surface area (Å²) in [6.07, 6.45) is 3.97. The standard InChI is InChI=1S/C16H18N6O4S/c17-14(24)15-19-16-20-27(25,26)12-8-4-3-7-11(12)22(16)21(15)9-13(23)18-10-5-1-2-6-10/h3-4,7-8,10H,1-2,5-6,9H2,(H2,17,24)(H,18,23). The molecule has 1 fully saturated rings. The van der Waals surface area contributed by atoms with E-state index in [1.165, 1.54) is 16.1 Å². The van der Waals surface area contributed by atoms with E-state index in [1.54, 1.807) is 18.2 Å². The highest BCUT2D eigenvalue weighted by Gasteiger charge is 2.42. The van der Waals surface area contributed by atoms with Gasteiger partial charge in [-0.05, 0) is 25.0 Å². The van der Waals surface area contributed by atoms with Crippen LogP contribution >= 0.6 is 0 Å². The van der Waals surface area contributed by atoms with Crippen molar-refractivity contribution < 1.29 is 18.0 Å². The average molecular weight is 390 g/mol. The number of carbonyl (C=O) groups is 2. The first-order valence-corrected chi connectivity index (χ1v) is 10.0. The Hall–Kier alpha value is -2.95. The van der Waals surface area contributed by atoms with Crippen molar-refractivity contribution in [2.45, 2.75) is 36.6 Å². The number of nitrogens with two attached hydrogens (primary N) is 1. The molecule has 0 spiro atoms. The van der Waals surface area contributed by atoms with Gasteiger partial charge in [0.25, 0.3) is 21.9 Å². The summed E-state index contributed by atoms with van der Waals surface area (Å²) < 4.78 is 28.4. The minimum atomic E-state index is -3.96. The third-order valence-corrected chi connectivity index (χ3v) is 5.99. The smallest absolute Gasteiger partial charge is 0.287 e. The number of nitrogens with zero attached hydrogens (tertiary/aromatic N) is 4. The predicted molar refractivity (Wildman–Crippen MR) is 97.3 cm³/mol. The molecular formula is C16H18N6O4S. The number of hydrogen-bond acceptors (Lipinski definition) is 7. The van der Waals surface area contributed by atoms with Gasteiger partial charge in [-0.15, -0.1) is 4.40 Å². The molecule has 2 heterocycles. The molecule has 11 heteroatoms.